The number of hydrogen-bond donors (Lipinski definition) is 17. The molecule has 10 amide bonds. The number of rotatable bonds is 29. The third kappa shape index (κ3) is 28.5. The quantitative estimate of drug-likeness (QED) is 0.0110. The number of nitrogens with zero attached hydrogens (tertiary/aromatic N) is 2. The minimum absolute atomic E-state index is 0.0421. The van der Waals surface area contributed by atoms with E-state index in [1.54, 1.807) is 13.8 Å². The zero-order chi connectivity index (χ0) is 68.7. The summed E-state index contributed by atoms with van der Waals surface area (Å²) in [6.45, 7) is 7.68. The zero-order valence-corrected chi connectivity index (χ0v) is 53.5. The van der Waals surface area contributed by atoms with Crippen LogP contribution in [0.4, 0.5) is 0 Å². The second-order valence-electron chi connectivity index (χ2n) is 23.3. The first kappa shape index (κ1) is 80.0. The first-order valence-corrected chi connectivity index (χ1v) is 31.0. The summed E-state index contributed by atoms with van der Waals surface area (Å²) in [7, 11) is 1.09. The number of nitrogens with two attached hydrogens (primary N) is 3. The lowest BCUT2D eigenvalue weighted by molar-refractivity contribution is -0.311. The van der Waals surface area contributed by atoms with Crippen molar-refractivity contribution in [3.63, 3.8) is 0 Å². The molecule has 2 heterocycles. The molecule has 0 aromatic rings. The van der Waals surface area contributed by atoms with Gasteiger partial charge in [-0.2, -0.15) is 0 Å². The van der Waals surface area contributed by atoms with E-state index in [-0.39, 0.29) is 50.5 Å². The van der Waals surface area contributed by atoms with E-state index in [0.29, 0.717) is 6.42 Å². The molecule has 0 saturated carbocycles. The fourth-order valence-electron chi connectivity index (χ4n) is 9.88. The molecule has 33 heteroatoms. The summed E-state index contributed by atoms with van der Waals surface area (Å²) in [5.41, 5.74) is 15.8. The van der Waals surface area contributed by atoms with Crippen molar-refractivity contribution in [2.45, 2.75) is 243 Å². The Labute approximate surface area is 530 Å². The topological polar surface area (TPSA) is 527 Å². The molecule has 2 saturated heterocycles. The van der Waals surface area contributed by atoms with Crippen LogP contribution in [0.2, 0.25) is 0 Å². The average Bonchev–Trinajstić information content (AvgIpc) is 0.948. The van der Waals surface area contributed by atoms with Gasteiger partial charge in [-0.3, -0.25) is 52.9 Å². The van der Waals surface area contributed by atoms with Crippen molar-refractivity contribution < 1.29 is 97.6 Å². The largest absolute Gasteiger partial charge is 0.458 e. The highest BCUT2D eigenvalue weighted by Gasteiger charge is 2.45. The standard InChI is InChI=1S/C58H101N13O20/c1-9-11-12-13-14-15-16-17-18-20-34(90-57-49(81)48(80)47(79)39(29-72)91-57)26-41(76)65-35(10-2)52(84)70-45-33(7)89-56(88)37(21-19-24-62-58(60)61)67-55(87)46(32(6)74)71(8)43(78)28-64-50(82)36(22-23-40(59)75)66-42(77)27-63-51(83)38(25-30(3)4)68-53(85)44(31(5)73)69-54(45)86/h10,30-34,36-39,44-49,57,72-74,79-81H,9,11-29H2,1-8H3,(H2,59,75)(H,63,83)(H,64,82)(H,65,76)(H,66,77)(H,67,87)(H,68,85)(H,69,86)(H,70,84)(H4,60,61,62). The monoisotopic (exact) mass is 1300 g/mol. The molecule has 2 rings (SSSR count). The van der Waals surface area contributed by atoms with Crippen molar-refractivity contribution >= 4 is 71.0 Å². The molecule has 33 nitrogen and oxygen atoms in total. The van der Waals surface area contributed by atoms with Crippen LogP contribution >= 0.6 is 0 Å². The minimum atomic E-state index is -2.07. The predicted octanol–water partition coefficient (Wildman–Crippen LogP) is -4.94. The highest BCUT2D eigenvalue weighted by Crippen LogP contribution is 2.26. The van der Waals surface area contributed by atoms with Gasteiger partial charge in [-0.1, -0.05) is 84.6 Å². The second-order valence-corrected chi connectivity index (χ2v) is 23.3. The number of ether oxygens (including phenoxy) is 3. The van der Waals surface area contributed by atoms with Gasteiger partial charge in [0.1, 0.15) is 72.5 Å². The maximum absolute atomic E-state index is 14.7. The van der Waals surface area contributed by atoms with E-state index in [0.717, 1.165) is 90.2 Å². The molecule has 0 aromatic heterocycles. The molecule has 2 aliphatic heterocycles. The van der Waals surface area contributed by atoms with Crippen molar-refractivity contribution in [2.75, 3.05) is 33.3 Å². The molecular formula is C58H101N13O20. The van der Waals surface area contributed by atoms with Gasteiger partial charge in [-0.05, 0) is 65.7 Å². The number of allylic oxidation sites excluding steroid dienone is 1. The van der Waals surface area contributed by atoms with Crippen LogP contribution in [-0.2, 0) is 67.0 Å². The number of carbonyl (C=O) groups is 11. The first-order chi connectivity index (χ1) is 42.9. The fourth-order valence-corrected chi connectivity index (χ4v) is 9.88. The number of likely N-dealkylation sites (N-methyl/N-ethyl adjacent to an activating group) is 1. The van der Waals surface area contributed by atoms with E-state index in [2.05, 4.69) is 54.5 Å². The Morgan fingerprint density at radius 1 is 0.747 bits per heavy atom. The lowest BCUT2D eigenvalue weighted by Gasteiger charge is -2.40. The second kappa shape index (κ2) is 41.4. The third-order valence-corrected chi connectivity index (χ3v) is 15.0. The molecule has 0 bridgehead atoms. The molecule has 0 radical (unpaired) electrons. The van der Waals surface area contributed by atoms with Gasteiger partial charge >= 0.3 is 5.97 Å². The fraction of sp³-hybridized carbons (Fsp3) is 0.759. The summed E-state index contributed by atoms with van der Waals surface area (Å²) in [4.78, 5) is 156. The molecule has 20 N–H and O–H groups in total. The first-order valence-electron chi connectivity index (χ1n) is 31.0. The highest BCUT2D eigenvalue weighted by molar-refractivity contribution is 6.01. The van der Waals surface area contributed by atoms with Gasteiger partial charge in [-0.25, -0.2) is 4.79 Å². The van der Waals surface area contributed by atoms with Crippen molar-refractivity contribution in [3.8, 4) is 0 Å². The van der Waals surface area contributed by atoms with Crippen LogP contribution < -0.4 is 59.7 Å². The van der Waals surface area contributed by atoms with Crippen LogP contribution in [0, 0.1) is 5.92 Å². The van der Waals surface area contributed by atoms with Crippen molar-refractivity contribution in [1.82, 2.24) is 47.4 Å². The van der Waals surface area contributed by atoms with Gasteiger partial charge in [-0.15, -0.1) is 0 Å². The van der Waals surface area contributed by atoms with E-state index in [9.17, 15) is 83.4 Å². The molecule has 2 fully saturated rings. The van der Waals surface area contributed by atoms with E-state index in [1.807, 2.05) is 0 Å². The summed E-state index contributed by atoms with van der Waals surface area (Å²) in [5, 5.41) is 82.6. The Bertz CT molecular complexity index is 2460. The Morgan fingerprint density at radius 3 is 1.92 bits per heavy atom. The van der Waals surface area contributed by atoms with E-state index in [4.69, 9.17) is 31.4 Å². The number of aliphatic hydroxyl groups is 6. The summed E-state index contributed by atoms with van der Waals surface area (Å²) in [6.07, 6.45) is -6.44. The molecule has 2 aliphatic rings. The third-order valence-electron chi connectivity index (χ3n) is 15.0. The maximum Gasteiger partial charge on any atom is 0.328 e. The summed E-state index contributed by atoms with van der Waals surface area (Å²) in [6, 6.07) is -10.5. The Morgan fingerprint density at radius 2 is 1.35 bits per heavy atom. The smallest absolute Gasteiger partial charge is 0.328 e. The van der Waals surface area contributed by atoms with Crippen LogP contribution in [0.1, 0.15) is 151 Å². The lowest BCUT2D eigenvalue weighted by atomic mass is 9.99. The average molecular weight is 1300 g/mol. The van der Waals surface area contributed by atoms with Gasteiger partial charge < -0.3 is 109 Å². The van der Waals surface area contributed by atoms with Crippen LogP contribution in [0.15, 0.2) is 16.8 Å². The van der Waals surface area contributed by atoms with Crippen LogP contribution in [0.25, 0.3) is 0 Å². The molecule has 518 valence electrons. The van der Waals surface area contributed by atoms with Crippen molar-refractivity contribution in [2.24, 2.45) is 28.1 Å². The van der Waals surface area contributed by atoms with E-state index in [1.165, 1.54) is 6.92 Å². The molecule has 0 aliphatic carbocycles. The van der Waals surface area contributed by atoms with Crippen molar-refractivity contribution in [3.05, 3.63) is 11.8 Å². The number of unbranched alkanes of at least 4 members (excludes halogenated alkanes) is 8. The molecule has 15 unspecified atom stereocenters. The van der Waals surface area contributed by atoms with Crippen LogP contribution in [0.3, 0.4) is 0 Å². The summed E-state index contributed by atoms with van der Waals surface area (Å²) in [5.74, 6) is -12.4. The molecule has 91 heavy (non-hydrogen) atoms. The molecule has 0 aromatic carbocycles. The van der Waals surface area contributed by atoms with Crippen molar-refractivity contribution in [1.29, 1.82) is 0 Å². The molecule has 0 spiro atoms. The lowest BCUT2D eigenvalue weighted by Crippen LogP contribution is -2.62. The highest BCUT2D eigenvalue weighted by atomic mass is 16.7. The minimum Gasteiger partial charge on any atom is -0.458 e. The van der Waals surface area contributed by atoms with Gasteiger partial charge in [0.25, 0.3) is 5.91 Å². The summed E-state index contributed by atoms with van der Waals surface area (Å²) < 4.78 is 17.4. The van der Waals surface area contributed by atoms with E-state index < -0.39 is 195 Å². The Balaban J connectivity index is 2.73. The van der Waals surface area contributed by atoms with Crippen LogP contribution in [0.5, 0.6) is 0 Å². The Hall–Kier alpha value is -7.14. The number of primary amides is 1. The number of guanidine groups is 1. The van der Waals surface area contributed by atoms with E-state index >= 15 is 0 Å². The SMILES string of the molecule is CC=C(NC(=O)CC(CCCCCCCCCCC)OC1OC(CO)C(O)C(O)C1O)C(=O)NC1C(=O)NC(C(C)O)C(=O)NC(CC(C)C)C(=O)NCC(=O)NC(CCC(N)=O)C(=O)NCC(=O)N(C)C(C(C)O)C(=O)NC(CCCN=C(N)N)C(=O)OC1C. The van der Waals surface area contributed by atoms with Gasteiger partial charge in [0.05, 0.1) is 44.4 Å². The number of esters is 1. The number of cyclic esters (lactones) is 1. The molecule has 15 atom stereocenters. The van der Waals surface area contributed by atoms with Gasteiger partial charge in [0.2, 0.25) is 53.2 Å². The van der Waals surface area contributed by atoms with Crippen LogP contribution in [-0.4, -0.2) is 231 Å². The zero-order valence-electron chi connectivity index (χ0n) is 53.5. The van der Waals surface area contributed by atoms with Gasteiger partial charge in [0.15, 0.2) is 12.2 Å². The van der Waals surface area contributed by atoms with Gasteiger partial charge in [0, 0.05) is 20.0 Å². The maximum atomic E-state index is 14.7. The normalized spacial score (nSPS) is 26.8. The number of amides is 10. The predicted molar refractivity (Wildman–Crippen MR) is 326 cm³/mol. The number of aliphatic imine (C=N–C) groups is 1. The summed E-state index contributed by atoms with van der Waals surface area (Å²) >= 11 is 0. The molecular weight excluding hydrogens is 1200 g/mol. The Kier molecular flexibility index (Phi) is 36.3. The number of carbonyl (C=O) groups excluding carboxylic acids is 11. The number of hydrogen-bond acceptors (Lipinski definition) is 21. The number of nitrogens with one attached hydrogen (secondary N) is 8. The number of aliphatic hydroxyl groups excluding tert-OH is 6.